The van der Waals surface area contributed by atoms with Gasteiger partial charge >= 0.3 is 0 Å². The van der Waals surface area contributed by atoms with Crippen molar-refractivity contribution in [2.75, 3.05) is 20.2 Å². The molecule has 0 radical (unpaired) electrons. The first-order valence-corrected chi connectivity index (χ1v) is 10.1. The summed E-state index contributed by atoms with van der Waals surface area (Å²) in [6.45, 7) is 1.18. The van der Waals surface area contributed by atoms with Crippen LogP contribution in [0.5, 0.6) is 0 Å². The molecule has 0 spiro atoms. The average molecular weight is 367 g/mol. The number of β-amino-alcohol motifs (C(OH)–C–C–N with tert-alkyl or cyclic N) is 1. The fourth-order valence-corrected chi connectivity index (χ4v) is 4.76. The van der Waals surface area contributed by atoms with Crippen LogP contribution in [0.15, 0.2) is 42.5 Å². The third-order valence-electron chi connectivity index (χ3n) is 6.45. The fourth-order valence-electron chi connectivity index (χ4n) is 4.76. The minimum absolute atomic E-state index is 0.0980. The highest BCUT2D eigenvalue weighted by molar-refractivity contribution is 5.83. The molecule has 1 heterocycles. The van der Waals surface area contributed by atoms with Crippen LogP contribution in [0.25, 0.3) is 10.8 Å². The minimum Gasteiger partial charge on any atom is -0.391 e. The first kappa shape index (κ1) is 18.5. The van der Waals surface area contributed by atoms with E-state index in [0.717, 1.165) is 38.6 Å². The average Bonchev–Trinajstić information content (AvgIpc) is 2.73. The van der Waals surface area contributed by atoms with Gasteiger partial charge in [-0.2, -0.15) is 0 Å². The molecule has 1 saturated carbocycles. The molecule has 2 fully saturated rings. The van der Waals surface area contributed by atoms with Crippen LogP contribution in [0.3, 0.4) is 0 Å². The topological polar surface area (TPSA) is 49.8 Å². The van der Waals surface area contributed by atoms with Crippen molar-refractivity contribution in [1.29, 1.82) is 0 Å². The molecule has 0 aromatic heterocycles. The number of likely N-dealkylation sites (tertiary alicyclic amines) is 1. The highest BCUT2D eigenvalue weighted by Gasteiger charge is 2.35. The monoisotopic (exact) mass is 367 g/mol. The Morgan fingerprint density at radius 1 is 1.04 bits per heavy atom. The van der Waals surface area contributed by atoms with E-state index < -0.39 is 6.10 Å². The third kappa shape index (κ3) is 3.87. The molecule has 2 atom stereocenters. The predicted octanol–water partition coefficient (Wildman–Crippen LogP) is 3.72. The normalized spacial score (nSPS) is 29.0. The molecule has 2 aromatic carbocycles. The first-order valence-electron chi connectivity index (χ1n) is 10.1. The summed E-state index contributed by atoms with van der Waals surface area (Å²) in [5, 5.41) is 13.2. The number of carbonyl (C=O) groups is 1. The summed E-state index contributed by atoms with van der Waals surface area (Å²) in [5.74, 6) is 0.421. The van der Waals surface area contributed by atoms with Gasteiger partial charge in [0.05, 0.1) is 12.2 Å². The lowest BCUT2D eigenvalue weighted by Crippen LogP contribution is -2.48. The summed E-state index contributed by atoms with van der Waals surface area (Å²) in [6, 6.07) is 14.7. The standard InChI is InChI=1S/C23H29NO3/c1-27-20-10-8-17(9-11-20)23(26)24-13-12-21(22(25)15-24)19-7-6-16-4-2-3-5-18(16)14-19/h2-7,14,17,20-22,25H,8-13,15H2,1H3/t17?,20?,21-,22+/m0/s1. The third-order valence-corrected chi connectivity index (χ3v) is 6.45. The van der Waals surface area contributed by atoms with Crippen LogP contribution in [-0.4, -0.2) is 48.3 Å². The lowest BCUT2D eigenvalue weighted by Gasteiger charge is -2.39. The predicted molar refractivity (Wildman–Crippen MR) is 107 cm³/mol. The van der Waals surface area contributed by atoms with Crippen molar-refractivity contribution in [1.82, 2.24) is 4.90 Å². The highest BCUT2D eigenvalue weighted by atomic mass is 16.5. The lowest BCUT2D eigenvalue weighted by molar-refractivity contribution is -0.141. The second-order valence-corrected chi connectivity index (χ2v) is 8.06. The zero-order valence-electron chi connectivity index (χ0n) is 16.0. The Bertz CT molecular complexity index is 797. The maximum Gasteiger partial charge on any atom is 0.225 e. The van der Waals surface area contributed by atoms with Crippen LogP contribution < -0.4 is 0 Å². The summed E-state index contributed by atoms with van der Waals surface area (Å²) in [7, 11) is 1.75. The van der Waals surface area contributed by atoms with Gasteiger partial charge in [0.1, 0.15) is 0 Å². The molecular weight excluding hydrogens is 338 g/mol. The zero-order valence-corrected chi connectivity index (χ0v) is 16.0. The Balaban J connectivity index is 1.40. The van der Waals surface area contributed by atoms with Crippen LogP contribution in [0.1, 0.15) is 43.6 Å². The molecule has 144 valence electrons. The molecule has 4 nitrogen and oxygen atoms in total. The molecule has 27 heavy (non-hydrogen) atoms. The maximum atomic E-state index is 12.9. The number of amides is 1. The molecule has 0 unspecified atom stereocenters. The van der Waals surface area contributed by atoms with Gasteiger partial charge in [0.15, 0.2) is 0 Å². The van der Waals surface area contributed by atoms with Crippen LogP contribution in [0, 0.1) is 5.92 Å². The summed E-state index contributed by atoms with van der Waals surface area (Å²) >= 11 is 0. The van der Waals surface area contributed by atoms with Crippen molar-refractivity contribution >= 4 is 16.7 Å². The van der Waals surface area contributed by atoms with Gasteiger partial charge in [-0.1, -0.05) is 42.5 Å². The van der Waals surface area contributed by atoms with Gasteiger partial charge in [-0.05, 0) is 48.4 Å². The van der Waals surface area contributed by atoms with Crippen LogP contribution in [-0.2, 0) is 9.53 Å². The second kappa shape index (κ2) is 7.99. The molecule has 2 aliphatic rings. The molecule has 4 heteroatoms. The van der Waals surface area contributed by atoms with Gasteiger partial charge in [0.2, 0.25) is 5.91 Å². The van der Waals surface area contributed by atoms with Gasteiger partial charge in [-0.25, -0.2) is 0 Å². The number of carbonyl (C=O) groups excluding carboxylic acids is 1. The van der Waals surface area contributed by atoms with Gasteiger partial charge in [-0.15, -0.1) is 0 Å². The molecule has 2 aromatic rings. The number of methoxy groups -OCH3 is 1. The Hall–Kier alpha value is -1.91. The van der Waals surface area contributed by atoms with Gasteiger partial charge in [-0.3, -0.25) is 4.79 Å². The van der Waals surface area contributed by atoms with Crippen molar-refractivity contribution in [2.45, 2.75) is 50.2 Å². The number of nitrogens with zero attached hydrogens (tertiary/aromatic N) is 1. The highest BCUT2D eigenvalue weighted by Crippen LogP contribution is 2.33. The molecular formula is C23H29NO3. The summed E-state index contributed by atoms with van der Waals surface area (Å²) in [5.41, 5.74) is 1.17. The molecule has 1 aliphatic heterocycles. The van der Waals surface area contributed by atoms with E-state index in [2.05, 4.69) is 30.3 Å². The van der Waals surface area contributed by atoms with Crippen LogP contribution in [0.4, 0.5) is 0 Å². The minimum atomic E-state index is -0.501. The summed E-state index contributed by atoms with van der Waals surface area (Å²) < 4.78 is 5.41. The number of hydrogen-bond donors (Lipinski definition) is 1. The van der Waals surface area contributed by atoms with Crippen molar-refractivity contribution in [2.24, 2.45) is 5.92 Å². The van der Waals surface area contributed by atoms with E-state index in [-0.39, 0.29) is 17.7 Å². The van der Waals surface area contributed by atoms with Gasteiger partial charge in [0, 0.05) is 32.0 Å². The molecule has 1 saturated heterocycles. The SMILES string of the molecule is COC1CCC(C(=O)N2CC[C@@H](c3ccc4ccccc4c3)[C@H](O)C2)CC1. The Morgan fingerprint density at radius 2 is 1.78 bits per heavy atom. The van der Waals surface area contributed by atoms with Crippen LogP contribution in [0.2, 0.25) is 0 Å². The van der Waals surface area contributed by atoms with Gasteiger partial charge in [0.25, 0.3) is 0 Å². The smallest absolute Gasteiger partial charge is 0.225 e. The van der Waals surface area contributed by atoms with E-state index in [0.29, 0.717) is 12.6 Å². The van der Waals surface area contributed by atoms with Gasteiger partial charge < -0.3 is 14.7 Å². The first-order chi connectivity index (χ1) is 13.2. The lowest BCUT2D eigenvalue weighted by atomic mass is 9.83. The number of aliphatic hydroxyl groups is 1. The largest absolute Gasteiger partial charge is 0.391 e. The second-order valence-electron chi connectivity index (χ2n) is 8.06. The van der Waals surface area contributed by atoms with Crippen molar-refractivity contribution in [3.05, 3.63) is 48.0 Å². The molecule has 1 amide bonds. The molecule has 1 aliphatic carbocycles. The van der Waals surface area contributed by atoms with Crippen molar-refractivity contribution in [3.63, 3.8) is 0 Å². The molecule has 1 N–H and O–H groups in total. The van der Waals surface area contributed by atoms with Crippen LogP contribution >= 0.6 is 0 Å². The number of rotatable bonds is 3. The maximum absolute atomic E-state index is 12.9. The van der Waals surface area contributed by atoms with E-state index in [1.807, 2.05) is 17.0 Å². The quantitative estimate of drug-likeness (QED) is 0.899. The number of ether oxygens (including phenoxy) is 1. The molecule has 0 bridgehead atoms. The summed E-state index contributed by atoms with van der Waals surface area (Å²) in [6.07, 6.45) is 4.35. The van der Waals surface area contributed by atoms with E-state index in [4.69, 9.17) is 4.74 Å². The van der Waals surface area contributed by atoms with Crippen molar-refractivity contribution in [3.8, 4) is 0 Å². The number of aliphatic hydroxyl groups excluding tert-OH is 1. The zero-order chi connectivity index (χ0) is 18.8. The molecule has 4 rings (SSSR count). The number of fused-ring (bicyclic) bond motifs is 1. The van der Waals surface area contributed by atoms with E-state index in [1.165, 1.54) is 16.3 Å². The summed E-state index contributed by atoms with van der Waals surface area (Å²) in [4.78, 5) is 14.8. The Kier molecular flexibility index (Phi) is 5.46. The number of piperidine rings is 1. The van der Waals surface area contributed by atoms with E-state index >= 15 is 0 Å². The van der Waals surface area contributed by atoms with E-state index in [1.54, 1.807) is 7.11 Å². The Morgan fingerprint density at radius 3 is 2.48 bits per heavy atom. The number of benzene rings is 2. The fraction of sp³-hybridized carbons (Fsp3) is 0.522. The van der Waals surface area contributed by atoms with E-state index in [9.17, 15) is 9.90 Å². The van der Waals surface area contributed by atoms with Crippen molar-refractivity contribution < 1.29 is 14.6 Å². The Labute approximate surface area is 161 Å². The number of hydrogen-bond acceptors (Lipinski definition) is 3.